The van der Waals surface area contributed by atoms with Gasteiger partial charge in [-0.25, -0.2) is 0 Å². The minimum absolute atomic E-state index is 0.279. The van der Waals surface area contributed by atoms with Crippen LogP contribution in [0.15, 0.2) is 0 Å². The summed E-state index contributed by atoms with van der Waals surface area (Å²) < 4.78 is 5.35. The molecule has 2 aliphatic rings. The Labute approximate surface area is 136 Å². The van der Waals surface area contributed by atoms with E-state index >= 15 is 0 Å². The molecule has 1 saturated heterocycles. The average Bonchev–Trinajstić information content (AvgIpc) is 2.58. The van der Waals surface area contributed by atoms with Gasteiger partial charge in [0.2, 0.25) is 5.91 Å². The maximum absolute atomic E-state index is 12.2. The zero-order chi connectivity index (χ0) is 15.6. The number of nitrogens with zero attached hydrogens (tertiary/aromatic N) is 1. The summed E-state index contributed by atoms with van der Waals surface area (Å²) in [5.41, 5.74) is 0. The average molecular weight is 310 g/mol. The summed E-state index contributed by atoms with van der Waals surface area (Å²) in [5, 5.41) is 3.15. The molecule has 2 fully saturated rings. The fourth-order valence-electron chi connectivity index (χ4n) is 3.69. The topological polar surface area (TPSA) is 41.6 Å². The minimum atomic E-state index is 0.279. The number of nitrogens with one attached hydrogen (secondary N) is 1. The highest BCUT2D eigenvalue weighted by molar-refractivity contribution is 5.78. The lowest BCUT2D eigenvalue weighted by Gasteiger charge is -2.28. The van der Waals surface area contributed by atoms with E-state index in [1.165, 1.54) is 32.1 Å². The van der Waals surface area contributed by atoms with Crippen molar-refractivity contribution in [2.75, 3.05) is 39.4 Å². The van der Waals surface area contributed by atoms with Gasteiger partial charge in [0.1, 0.15) is 0 Å². The second kappa shape index (κ2) is 10.2. The van der Waals surface area contributed by atoms with E-state index in [1.807, 2.05) is 0 Å². The van der Waals surface area contributed by atoms with Crippen LogP contribution in [0.25, 0.3) is 0 Å². The van der Waals surface area contributed by atoms with Crippen molar-refractivity contribution in [1.29, 1.82) is 0 Å². The first-order chi connectivity index (χ1) is 10.8. The van der Waals surface area contributed by atoms with Gasteiger partial charge in [0, 0.05) is 25.6 Å². The normalized spacial score (nSPS) is 26.8. The molecular weight excluding hydrogens is 276 g/mol. The molecule has 4 heteroatoms. The predicted molar refractivity (Wildman–Crippen MR) is 89.9 cm³/mol. The number of ether oxygens (including phenoxy) is 1. The fraction of sp³-hybridized carbons (Fsp3) is 0.944. The number of morpholine rings is 1. The first kappa shape index (κ1) is 17.7. The van der Waals surface area contributed by atoms with E-state index < -0.39 is 0 Å². The van der Waals surface area contributed by atoms with Crippen LogP contribution in [0.2, 0.25) is 0 Å². The molecule has 0 aromatic rings. The van der Waals surface area contributed by atoms with E-state index in [-0.39, 0.29) is 5.92 Å². The smallest absolute Gasteiger partial charge is 0.223 e. The van der Waals surface area contributed by atoms with Crippen molar-refractivity contribution >= 4 is 5.91 Å². The molecule has 0 aromatic carbocycles. The maximum Gasteiger partial charge on any atom is 0.223 e. The lowest BCUT2D eigenvalue weighted by atomic mass is 9.79. The Bertz CT molecular complexity index is 308. The van der Waals surface area contributed by atoms with Crippen molar-refractivity contribution in [2.45, 2.75) is 58.3 Å². The molecular formula is C18H34N2O2. The lowest BCUT2D eigenvalue weighted by Crippen LogP contribution is -2.39. The van der Waals surface area contributed by atoms with Gasteiger partial charge in [0.25, 0.3) is 0 Å². The Kier molecular flexibility index (Phi) is 8.24. The summed E-state index contributed by atoms with van der Waals surface area (Å²) in [6, 6.07) is 0. The number of carbonyl (C=O) groups excluding carboxylic acids is 1. The van der Waals surface area contributed by atoms with Crippen LogP contribution in [0, 0.1) is 11.8 Å². The zero-order valence-electron chi connectivity index (χ0n) is 14.3. The van der Waals surface area contributed by atoms with Gasteiger partial charge >= 0.3 is 0 Å². The third-order valence-corrected chi connectivity index (χ3v) is 5.24. The van der Waals surface area contributed by atoms with Gasteiger partial charge in [-0.2, -0.15) is 0 Å². The number of amides is 1. The Hall–Kier alpha value is -0.610. The molecule has 0 radical (unpaired) electrons. The SMILES string of the molecule is CCCCC1CCC(C(=O)NCCCN2CCOCC2)CC1. The highest BCUT2D eigenvalue weighted by atomic mass is 16.5. The lowest BCUT2D eigenvalue weighted by molar-refractivity contribution is -0.126. The van der Waals surface area contributed by atoms with Crippen LogP contribution in [-0.4, -0.2) is 50.2 Å². The molecule has 0 bridgehead atoms. The monoisotopic (exact) mass is 310 g/mol. The van der Waals surface area contributed by atoms with Crippen LogP contribution in [0.1, 0.15) is 58.3 Å². The summed E-state index contributed by atoms with van der Waals surface area (Å²) in [6.07, 6.45) is 9.78. The molecule has 0 aromatic heterocycles. The second-order valence-electron chi connectivity index (χ2n) is 6.96. The first-order valence-corrected chi connectivity index (χ1v) is 9.37. The van der Waals surface area contributed by atoms with Crippen molar-refractivity contribution in [3.8, 4) is 0 Å². The highest BCUT2D eigenvalue weighted by Crippen LogP contribution is 2.31. The molecule has 1 amide bonds. The molecule has 1 aliphatic heterocycles. The Morgan fingerprint density at radius 3 is 2.55 bits per heavy atom. The highest BCUT2D eigenvalue weighted by Gasteiger charge is 2.25. The summed E-state index contributed by atoms with van der Waals surface area (Å²) in [4.78, 5) is 14.7. The molecule has 0 atom stereocenters. The summed E-state index contributed by atoms with van der Waals surface area (Å²) >= 11 is 0. The molecule has 0 unspecified atom stereocenters. The van der Waals surface area contributed by atoms with Crippen LogP contribution in [-0.2, 0) is 9.53 Å². The van der Waals surface area contributed by atoms with E-state index in [0.717, 1.165) is 64.6 Å². The first-order valence-electron chi connectivity index (χ1n) is 9.37. The molecule has 1 saturated carbocycles. The largest absolute Gasteiger partial charge is 0.379 e. The second-order valence-corrected chi connectivity index (χ2v) is 6.96. The van der Waals surface area contributed by atoms with Crippen LogP contribution in [0.5, 0.6) is 0 Å². The maximum atomic E-state index is 12.2. The van der Waals surface area contributed by atoms with Crippen molar-refractivity contribution < 1.29 is 9.53 Å². The van der Waals surface area contributed by atoms with Crippen LogP contribution >= 0.6 is 0 Å². The Morgan fingerprint density at radius 2 is 1.86 bits per heavy atom. The molecule has 128 valence electrons. The van der Waals surface area contributed by atoms with Gasteiger partial charge in [-0.3, -0.25) is 9.69 Å². The van der Waals surface area contributed by atoms with Crippen LogP contribution in [0.4, 0.5) is 0 Å². The predicted octanol–water partition coefficient (Wildman–Crippen LogP) is 2.82. The van der Waals surface area contributed by atoms with Crippen molar-refractivity contribution in [2.24, 2.45) is 11.8 Å². The summed E-state index contributed by atoms with van der Waals surface area (Å²) in [5.74, 6) is 1.46. The number of unbranched alkanes of at least 4 members (excludes halogenated alkanes) is 1. The van der Waals surface area contributed by atoms with E-state index in [2.05, 4.69) is 17.1 Å². The van der Waals surface area contributed by atoms with Gasteiger partial charge in [0.15, 0.2) is 0 Å². The van der Waals surface area contributed by atoms with Gasteiger partial charge in [0.05, 0.1) is 13.2 Å². The van der Waals surface area contributed by atoms with Crippen molar-refractivity contribution in [3.63, 3.8) is 0 Å². The molecule has 1 aliphatic carbocycles. The number of hydrogen-bond donors (Lipinski definition) is 1. The van der Waals surface area contributed by atoms with Crippen molar-refractivity contribution in [3.05, 3.63) is 0 Å². The van der Waals surface area contributed by atoms with Crippen molar-refractivity contribution in [1.82, 2.24) is 10.2 Å². The van der Waals surface area contributed by atoms with E-state index in [0.29, 0.717) is 5.91 Å². The van der Waals surface area contributed by atoms with Gasteiger partial charge in [-0.1, -0.05) is 26.2 Å². The molecule has 1 N–H and O–H groups in total. The summed E-state index contributed by atoms with van der Waals surface area (Å²) in [7, 11) is 0. The van der Waals surface area contributed by atoms with Gasteiger partial charge in [-0.15, -0.1) is 0 Å². The Morgan fingerprint density at radius 1 is 1.14 bits per heavy atom. The van der Waals surface area contributed by atoms with E-state index in [4.69, 9.17) is 4.74 Å². The zero-order valence-corrected chi connectivity index (χ0v) is 14.3. The molecule has 0 spiro atoms. The standard InChI is InChI=1S/C18H34N2O2/c1-2-3-5-16-6-8-17(9-7-16)18(21)19-10-4-11-20-12-14-22-15-13-20/h16-17H,2-15H2,1H3,(H,19,21). The minimum Gasteiger partial charge on any atom is -0.379 e. The molecule has 2 rings (SSSR count). The van der Waals surface area contributed by atoms with E-state index in [1.54, 1.807) is 0 Å². The molecule has 4 nitrogen and oxygen atoms in total. The number of carbonyl (C=O) groups is 1. The third-order valence-electron chi connectivity index (χ3n) is 5.24. The number of rotatable bonds is 8. The Balaban J connectivity index is 1.52. The van der Waals surface area contributed by atoms with Gasteiger partial charge in [-0.05, 0) is 44.6 Å². The van der Waals surface area contributed by atoms with Crippen LogP contribution < -0.4 is 5.32 Å². The molecule has 1 heterocycles. The molecule has 22 heavy (non-hydrogen) atoms. The van der Waals surface area contributed by atoms with Crippen LogP contribution in [0.3, 0.4) is 0 Å². The fourth-order valence-corrected chi connectivity index (χ4v) is 3.69. The van der Waals surface area contributed by atoms with E-state index in [9.17, 15) is 4.79 Å². The summed E-state index contributed by atoms with van der Waals surface area (Å²) in [6.45, 7) is 7.95. The quantitative estimate of drug-likeness (QED) is 0.701. The third kappa shape index (κ3) is 6.25. The van der Waals surface area contributed by atoms with Gasteiger partial charge < -0.3 is 10.1 Å². The number of hydrogen-bond acceptors (Lipinski definition) is 3.